The van der Waals surface area contributed by atoms with Gasteiger partial charge in [0.15, 0.2) is 11.6 Å². The summed E-state index contributed by atoms with van der Waals surface area (Å²) in [6, 6.07) is 4.42. The van der Waals surface area contributed by atoms with Gasteiger partial charge in [-0.25, -0.2) is 13.6 Å². The Labute approximate surface area is 223 Å². The van der Waals surface area contributed by atoms with Crippen LogP contribution in [-0.2, 0) is 19.1 Å². The van der Waals surface area contributed by atoms with Crippen molar-refractivity contribution in [3.8, 4) is 0 Å². The monoisotopic (exact) mass is 545 g/mol. The van der Waals surface area contributed by atoms with E-state index < -0.39 is 41.7 Å². The Kier molecular flexibility index (Phi) is 8.57. The summed E-state index contributed by atoms with van der Waals surface area (Å²) in [5.41, 5.74) is 0.134. The lowest BCUT2D eigenvalue weighted by atomic mass is 10.1. The highest BCUT2D eigenvalue weighted by molar-refractivity contribution is 5.97. The summed E-state index contributed by atoms with van der Waals surface area (Å²) in [6.07, 6.45) is 1.87. The highest BCUT2D eigenvalue weighted by atomic mass is 19.1. The first kappa shape index (κ1) is 27.7. The van der Waals surface area contributed by atoms with Crippen LogP contribution in [0.3, 0.4) is 0 Å². The molecule has 39 heavy (non-hydrogen) atoms. The molecule has 1 aromatic heterocycles. The number of halogens is 2. The van der Waals surface area contributed by atoms with E-state index in [1.54, 1.807) is 6.92 Å². The zero-order valence-electron chi connectivity index (χ0n) is 21.6. The lowest BCUT2D eigenvalue weighted by Gasteiger charge is -2.37. The van der Waals surface area contributed by atoms with E-state index in [2.05, 4.69) is 15.0 Å². The number of hydrogen-bond acceptors (Lipinski definition) is 8. The van der Waals surface area contributed by atoms with Crippen LogP contribution in [0, 0.1) is 11.6 Å². The van der Waals surface area contributed by atoms with Gasteiger partial charge >= 0.3 is 12.1 Å². The van der Waals surface area contributed by atoms with Crippen molar-refractivity contribution >= 4 is 35.3 Å². The molecule has 2 fully saturated rings. The van der Waals surface area contributed by atoms with Gasteiger partial charge in [-0.05, 0) is 25.5 Å². The van der Waals surface area contributed by atoms with Gasteiger partial charge in [-0.15, -0.1) is 0 Å². The fourth-order valence-corrected chi connectivity index (χ4v) is 4.54. The summed E-state index contributed by atoms with van der Waals surface area (Å²) in [5.74, 6) is -2.86. The summed E-state index contributed by atoms with van der Waals surface area (Å²) in [7, 11) is 1.26. The van der Waals surface area contributed by atoms with Gasteiger partial charge in [0, 0.05) is 62.7 Å². The Balaban J connectivity index is 1.34. The number of rotatable bonds is 8. The first-order valence-electron chi connectivity index (χ1n) is 12.5. The van der Waals surface area contributed by atoms with Crippen molar-refractivity contribution in [2.45, 2.75) is 31.9 Å². The number of cyclic esters (lactones) is 1. The molecular formula is C26H29F2N5O6. The average molecular weight is 546 g/mol. The second-order valence-corrected chi connectivity index (χ2v) is 9.23. The van der Waals surface area contributed by atoms with Crippen LogP contribution >= 0.6 is 0 Å². The molecule has 0 radical (unpaired) electrons. The molecule has 3 amide bonds. The topological polar surface area (TPSA) is 121 Å². The van der Waals surface area contributed by atoms with E-state index in [-0.39, 0.29) is 62.8 Å². The number of nitrogens with one attached hydrogen (secondary N) is 1. The van der Waals surface area contributed by atoms with Crippen molar-refractivity contribution in [2.24, 2.45) is 0 Å². The highest BCUT2D eigenvalue weighted by Gasteiger charge is 2.34. The van der Waals surface area contributed by atoms with E-state index in [9.17, 15) is 19.2 Å². The number of esters is 1. The Morgan fingerprint density at radius 1 is 1.13 bits per heavy atom. The molecule has 2 aliphatic heterocycles. The van der Waals surface area contributed by atoms with Crippen molar-refractivity contribution in [2.75, 3.05) is 49.6 Å². The molecule has 2 aromatic rings. The maximum atomic E-state index is 15.1. The van der Waals surface area contributed by atoms with Crippen LogP contribution < -0.4 is 15.1 Å². The minimum absolute atomic E-state index is 0.00638. The summed E-state index contributed by atoms with van der Waals surface area (Å²) in [6.45, 7) is 2.38. The number of nitrogens with zero attached hydrogens (tertiary/aromatic N) is 4. The minimum Gasteiger partial charge on any atom is -0.469 e. The molecule has 0 aliphatic carbocycles. The van der Waals surface area contributed by atoms with Crippen LogP contribution in [0.15, 0.2) is 36.7 Å². The molecule has 3 heterocycles. The van der Waals surface area contributed by atoms with E-state index in [4.69, 9.17) is 4.74 Å². The number of amides is 3. The van der Waals surface area contributed by atoms with E-state index >= 15 is 8.78 Å². The number of methoxy groups -OCH3 is 1. The molecule has 2 atom stereocenters. The lowest BCUT2D eigenvalue weighted by molar-refractivity contribution is -0.141. The number of carbonyl (C=O) groups excluding carboxylic acids is 4. The maximum Gasteiger partial charge on any atom is 0.414 e. The predicted molar refractivity (Wildman–Crippen MR) is 135 cm³/mol. The quantitative estimate of drug-likeness (QED) is 0.501. The fraction of sp³-hybridized carbons (Fsp3) is 0.423. The largest absolute Gasteiger partial charge is 0.469 e. The molecule has 208 valence electrons. The highest BCUT2D eigenvalue weighted by Crippen LogP contribution is 2.32. The molecule has 0 saturated carbocycles. The van der Waals surface area contributed by atoms with Gasteiger partial charge in [0.05, 0.1) is 19.3 Å². The molecular weight excluding hydrogens is 516 g/mol. The van der Waals surface area contributed by atoms with Gasteiger partial charge in [-0.3, -0.25) is 24.3 Å². The molecule has 0 spiro atoms. The van der Waals surface area contributed by atoms with Crippen LogP contribution in [0.5, 0.6) is 0 Å². The van der Waals surface area contributed by atoms with Crippen LogP contribution in [-0.4, -0.2) is 85.7 Å². The van der Waals surface area contributed by atoms with E-state index in [0.717, 1.165) is 17.0 Å². The Hall–Kier alpha value is -4.29. The lowest BCUT2D eigenvalue weighted by Crippen LogP contribution is -2.54. The molecule has 4 rings (SSSR count). The number of pyridine rings is 1. The second-order valence-electron chi connectivity index (χ2n) is 9.23. The number of piperazine rings is 1. The number of benzene rings is 1. The molecule has 2 aliphatic rings. The molecule has 1 aromatic carbocycles. The summed E-state index contributed by atoms with van der Waals surface area (Å²) in [4.78, 5) is 56.8. The Bertz CT molecular complexity index is 1220. The minimum atomic E-state index is -0.853. The Morgan fingerprint density at radius 3 is 2.38 bits per heavy atom. The summed E-state index contributed by atoms with van der Waals surface area (Å²) < 4.78 is 40.0. The third-order valence-corrected chi connectivity index (χ3v) is 6.65. The van der Waals surface area contributed by atoms with Gasteiger partial charge in [0.2, 0.25) is 5.91 Å². The summed E-state index contributed by atoms with van der Waals surface area (Å²) >= 11 is 0. The van der Waals surface area contributed by atoms with E-state index in [1.165, 1.54) is 41.4 Å². The first-order chi connectivity index (χ1) is 18.7. The van der Waals surface area contributed by atoms with Gasteiger partial charge < -0.3 is 24.6 Å². The standard InChI is InChI=1S/C26H29F2N5O6/c1-16(30-24(35)17-5-7-29-8-6-17)25(36)32-11-9-31(10-12-32)23-20(27)13-18(14-21(23)28)33-15-19(39-26(33)37)3-4-22(34)38-2/h5-8,13-14,16,19H,3-4,9-12,15H2,1-2H3,(H,30,35)/t16-,19-/m0/s1. The first-order valence-corrected chi connectivity index (χ1v) is 12.5. The fourth-order valence-electron chi connectivity index (χ4n) is 4.54. The van der Waals surface area contributed by atoms with Crippen molar-refractivity contribution in [1.82, 2.24) is 15.2 Å². The normalized spacial score (nSPS) is 18.0. The number of ether oxygens (including phenoxy) is 2. The van der Waals surface area contributed by atoms with Crippen LogP contribution in [0.2, 0.25) is 0 Å². The number of hydrogen-bond donors (Lipinski definition) is 1. The molecule has 13 heteroatoms. The third kappa shape index (κ3) is 6.41. The zero-order valence-corrected chi connectivity index (χ0v) is 21.6. The average Bonchev–Trinajstić information content (AvgIpc) is 3.32. The van der Waals surface area contributed by atoms with E-state index in [0.29, 0.717) is 5.56 Å². The second kappa shape index (κ2) is 12.0. The maximum absolute atomic E-state index is 15.1. The molecule has 2 saturated heterocycles. The van der Waals surface area contributed by atoms with Gasteiger partial charge in [0.1, 0.15) is 17.8 Å². The van der Waals surface area contributed by atoms with Gasteiger partial charge in [-0.1, -0.05) is 0 Å². The number of anilines is 2. The zero-order chi connectivity index (χ0) is 28.1. The molecule has 0 unspecified atom stereocenters. The van der Waals surface area contributed by atoms with Crippen LogP contribution in [0.1, 0.15) is 30.1 Å². The van der Waals surface area contributed by atoms with Crippen molar-refractivity contribution in [1.29, 1.82) is 0 Å². The number of aromatic nitrogens is 1. The number of carbonyl (C=O) groups is 4. The predicted octanol–water partition coefficient (Wildman–Crippen LogP) is 2.11. The van der Waals surface area contributed by atoms with Gasteiger partial charge in [-0.2, -0.15) is 0 Å². The van der Waals surface area contributed by atoms with Crippen LogP contribution in [0.25, 0.3) is 0 Å². The van der Waals surface area contributed by atoms with Crippen molar-refractivity contribution < 1.29 is 37.4 Å². The molecule has 11 nitrogen and oxygen atoms in total. The van der Waals surface area contributed by atoms with Crippen molar-refractivity contribution in [3.05, 3.63) is 53.9 Å². The molecule has 1 N–H and O–H groups in total. The third-order valence-electron chi connectivity index (χ3n) is 6.65. The van der Waals surface area contributed by atoms with Crippen LogP contribution in [0.4, 0.5) is 25.0 Å². The molecule has 0 bridgehead atoms. The van der Waals surface area contributed by atoms with Gasteiger partial charge in [0.25, 0.3) is 5.91 Å². The SMILES string of the molecule is COC(=O)CC[C@H]1CN(c2cc(F)c(N3CCN(C(=O)[C@H](C)NC(=O)c4ccncc4)CC3)c(F)c2)C(=O)O1. The van der Waals surface area contributed by atoms with Crippen molar-refractivity contribution in [3.63, 3.8) is 0 Å². The smallest absolute Gasteiger partial charge is 0.414 e. The summed E-state index contributed by atoms with van der Waals surface area (Å²) in [5, 5.41) is 2.65. The Morgan fingerprint density at radius 2 is 1.77 bits per heavy atom. The van der Waals surface area contributed by atoms with E-state index in [1.807, 2.05) is 0 Å².